The van der Waals surface area contributed by atoms with Crippen molar-refractivity contribution < 1.29 is 5.21 Å². The minimum Gasteiger partial charge on any atom is -0.411 e. The summed E-state index contributed by atoms with van der Waals surface area (Å²) >= 11 is 0. The molecule has 0 saturated carbocycles. The highest BCUT2D eigenvalue weighted by Crippen LogP contribution is 2.11. The first-order valence-corrected chi connectivity index (χ1v) is 5.12. The van der Waals surface area contributed by atoms with E-state index in [9.17, 15) is 0 Å². The second kappa shape index (κ2) is 8.48. The lowest BCUT2D eigenvalue weighted by atomic mass is 10.0. The predicted molar refractivity (Wildman–Crippen MR) is 60.5 cm³/mol. The summed E-state index contributed by atoms with van der Waals surface area (Å²) in [5.41, 5.74) is 0.664. The summed E-state index contributed by atoms with van der Waals surface area (Å²) in [6.07, 6.45) is 8.93. The number of nitrogens with zero attached hydrogens (tertiary/aromatic N) is 1. The Morgan fingerprint density at radius 2 is 2.29 bits per heavy atom. The number of nitrogens with one attached hydrogen (secondary N) is 1. The van der Waals surface area contributed by atoms with Gasteiger partial charge in [0.15, 0.2) is 0 Å². The van der Waals surface area contributed by atoms with E-state index in [4.69, 9.17) is 10.6 Å². The standard InChI is InChI=1S/C11H20N2O/c1-3-10(2)6-4-5-7-11(8-12)9-13-14/h7-10,12,14H,3-6H2,1-2H3/b11-7-,12-8?,13-9+. The molecule has 3 nitrogen and oxygen atoms in total. The van der Waals surface area contributed by atoms with Crippen LogP contribution in [0.25, 0.3) is 0 Å². The van der Waals surface area contributed by atoms with Crippen LogP contribution in [0.1, 0.15) is 39.5 Å². The van der Waals surface area contributed by atoms with Gasteiger partial charge in [0.05, 0.1) is 6.21 Å². The van der Waals surface area contributed by atoms with Gasteiger partial charge >= 0.3 is 0 Å². The maximum Gasteiger partial charge on any atom is 0.0745 e. The molecule has 0 heterocycles. The third kappa shape index (κ3) is 6.40. The number of rotatable bonds is 7. The van der Waals surface area contributed by atoms with E-state index in [1.807, 2.05) is 6.08 Å². The number of hydrogen-bond donors (Lipinski definition) is 2. The van der Waals surface area contributed by atoms with Crippen molar-refractivity contribution in [1.29, 1.82) is 5.41 Å². The normalized spacial score (nSPS) is 14.6. The highest BCUT2D eigenvalue weighted by Gasteiger charge is 1.96. The van der Waals surface area contributed by atoms with Crippen LogP contribution in [0.15, 0.2) is 16.8 Å². The fourth-order valence-corrected chi connectivity index (χ4v) is 1.15. The van der Waals surface area contributed by atoms with Gasteiger partial charge in [-0.3, -0.25) is 0 Å². The number of hydrogen-bond acceptors (Lipinski definition) is 3. The van der Waals surface area contributed by atoms with Crippen LogP contribution in [0.2, 0.25) is 0 Å². The molecule has 1 unspecified atom stereocenters. The van der Waals surface area contributed by atoms with Crippen molar-refractivity contribution in [2.75, 3.05) is 0 Å². The second-order valence-electron chi connectivity index (χ2n) is 3.54. The van der Waals surface area contributed by atoms with E-state index in [1.165, 1.54) is 25.3 Å². The SMILES string of the molecule is CCC(C)CCC/C=C(C=N)\C=N\O. The van der Waals surface area contributed by atoms with Crippen LogP contribution in [0, 0.1) is 11.3 Å². The van der Waals surface area contributed by atoms with Crippen LogP contribution in [0.4, 0.5) is 0 Å². The van der Waals surface area contributed by atoms with Gasteiger partial charge in [-0.1, -0.05) is 37.9 Å². The monoisotopic (exact) mass is 196 g/mol. The average molecular weight is 196 g/mol. The van der Waals surface area contributed by atoms with Gasteiger partial charge in [-0.05, 0) is 18.8 Å². The molecule has 3 heteroatoms. The van der Waals surface area contributed by atoms with Crippen molar-refractivity contribution in [3.8, 4) is 0 Å². The van der Waals surface area contributed by atoms with E-state index in [0.29, 0.717) is 5.57 Å². The zero-order valence-electron chi connectivity index (χ0n) is 9.03. The van der Waals surface area contributed by atoms with Crippen LogP contribution >= 0.6 is 0 Å². The fraction of sp³-hybridized carbons (Fsp3) is 0.636. The van der Waals surface area contributed by atoms with Crippen LogP contribution in [0.3, 0.4) is 0 Å². The largest absolute Gasteiger partial charge is 0.411 e. The minimum absolute atomic E-state index is 0.664. The molecule has 0 aliphatic carbocycles. The first kappa shape index (κ1) is 12.9. The second-order valence-corrected chi connectivity index (χ2v) is 3.54. The lowest BCUT2D eigenvalue weighted by molar-refractivity contribution is 0.322. The van der Waals surface area contributed by atoms with Gasteiger partial charge in [-0.15, -0.1) is 0 Å². The summed E-state index contributed by atoms with van der Waals surface area (Å²) in [5, 5.41) is 18.2. The Bertz CT molecular complexity index is 209. The van der Waals surface area contributed by atoms with Gasteiger partial charge in [0.25, 0.3) is 0 Å². The van der Waals surface area contributed by atoms with Crippen molar-refractivity contribution in [3.05, 3.63) is 11.6 Å². The smallest absolute Gasteiger partial charge is 0.0745 e. The molecular formula is C11H20N2O. The zero-order chi connectivity index (χ0) is 10.8. The molecule has 0 aromatic rings. The summed E-state index contributed by atoms with van der Waals surface area (Å²) < 4.78 is 0. The van der Waals surface area contributed by atoms with Gasteiger partial charge in [-0.25, -0.2) is 0 Å². The Hall–Kier alpha value is -1.12. The van der Waals surface area contributed by atoms with Gasteiger partial charge < -0.3 is 10.6 Å². The highest BCUT2D eigenvalue weighted by molar-refractivity contribution is 6.02. The van der Waals surface area contributed by atoms with Crippen molar-refractivity contribution in [1.82, 2.24) is 0 Å². The molecule has 0 radical (unpaired) electrons. The molecule has 0 aliphatic rings. The molecule has 0 rings (SSSR count). The summed E-state index contributed by atoms with van der Waals surface area (Å²) in [4.78, 5) is 0. The lowest BCUT2D eigenvalue weighted by Crippen LogP contribution is -1.91. The molecule has 0 saturated heterocycles. The quantitative estimate of drug-likeness (QED) is 0.279. The van der Waals surface area contributed by atoms with Crippen molar-refractivity contribution in [2.45, 2.75) is 39.5 Å². The van der Waals surface area contributed by atoms with Crippen LogP contribution in [-0.2, 0) is 0 Å². The van der Waals surface area contributed by atoms with Gasteiger partial charge in [0.1, 0.15) is 0 Å². The summed E-state index contributed by atoms with van der Waals surface area (Å²) in [6.45, 7) is 4.44. The number of allylic oxidation sites excluding steroid dienone is 2. The van der Waals surface area contributed by atoms with Crippen LogP contribution in [0.5, 0.6) is 0 Å². The van der Waals surface area contributed by atoms with Gasteiger partial charge in [-0.2, -0.15) is 0 Å². The van der Waals surface area contributed by atoms with E-state index in [-0.39, 0.29) is 0 Å². The molecule has 0 aromatic heterocycles. The Labute approximate surface area is 86.0 Å². The highest BCUT2D eigenvalue weighted by atomic mass is 16.4. The summed E-state index contributed by atoms with van der Waals surface area (Å²) in [6, 6.07) is 0. The predicted octanol–water partition coefficient (Wildman–Crippen LogP) is 3.24. The third-order valence-electron chi connectivity index (χ3n) is 2.35. The van der Waals surface area contributed by atoms with Gasteiger partial charge in [0, 0.05) is 11.8 Å². The maximum atomic E-state index is 8.28. The number of oxime groups is 1. The van der Waals surface area contributed by atoms with Crippen LogP contribution in [-0.4, -0.2) is 17.6 Å². The van der Waals surface area contributed by atoms with E-state index in [1.54, 1.807) is 0 Å². The zero-order valence-corrected chi connectivity index (χ0v) is 9.03. The first-order valence-electron chi connectivity index (χ1n) is 5.12. The van der Waals surface area contributed by atoms with E-state index < -0.39 is 0 Å². The molecule has 2 N–H and O–H groups in total. The Morgan fingerprint density at radius 3 is 2.79 bits per heavy atom. The Kier molecular flexibility index (Phi) is 7.80. The van der Waals surface area contributed by atoms with Crippen molar-refractivity contribution >= 4 is 12.4 Å². The van der Waals surface area contributed by atoms with E-state index in [2.05, 4.69) is 19.0 Å². The van der Waals surface area contributed by atoms with Gasteiger partial charge in [0.2, 0.25) is 0 Å². The molecule has 1 atom stereocenters. The molecule has 80 valence electrons. The number of unbranched alkanes of at least 4 members (excludes halogenated alkanes) is 1. The maximum absolute atomic E-state index is 8.28. The third-order valence-corrected chi connectivity index (χ3v) is 2.35. The molecule has 0 bridgehead atoms. The van der Waals surface area contributed by atoms with Crippen molar-refractivity contribution in [2.24, 2.45) is 11.1 Å². The molecule has 0 aliphatic heterocycles. The van der Waals surface area contributed by atoms with E-state index in [0.717, 1.165) is 18.8 Å². The molecule has 14 heavy (non-hydrogen) atoms. The summed E-state index contributed by atoms with van der Waals surface area (Å²) in [5.74, 6) is 0.776. The van der Waals surface area contributed by atoms with Crippen LogP contribution < -0.4 is 0 Å². The average Bonchev–Trinajstić information content (AvgIpc) is 2.22. The topological polar surface area (TPSA) is 56.4 Å². The first-order chi connectivity index (χ1) is 6.74. The molecule has 0 spiro atoms. The van der Waals surface area contributed by atoms with Crippen molar-refractivity contribution in [3.63, 3.8) is 0 Å². The summed E-state index contributed by atoms with van der Waals surface area (Å²) in [7, 11) is 0. The molecule has 0 aromatic carbocycles. The molecule has 0 amide bonds. The lowest BCUT2D eigenvalue weighted by Gasteiger charge is -2.05. The molecule has 0 fully saturated rings. The molecular weight excluding hydrogens is 176 g/mol. The Morgan fingerprint density at radius 1 is 1.57 bits per heavy atom. The Balaban J connectivity index is 3.73. The minimum atomic E-state index is 0.664. The fourth-order valence-electron chi connectivity index (χ4n) is 1.15. The van der Waals surface area contributed by atoms with E-state index >= 15 is 0 Å².